The first-order valence-electron chi connectivity index (χ1n) is 6.80. The first-order chi connectivity index (χ1) is 9.44. The topological polar surface area (TPSA) is 64.0 Å². The van der Waals surface area contributed by atoms with Crippen LogP contribution in [-0.2, 0) is 23.4 Å². The summed E-state index contributed by atoms with van der Waals surface area (Å²) in [5.74, 6) is 1.48. The van der Waals surface area contributed by atoms with E-state index in [9.17, 15) is 8.42 Å². The molecule has 6 heteroatoms. The van der Waals surface area contributed by atoms with Crippen molar-refractivity contribution in [3.05, 3.63) is 29.6 Å². The SMILES string of the molecule is Cc1ccc2c(c1)nc(CNC1CCS(=O)(=O)C1)n2C. The van der Waals surface area contributed by atoms with Gasteiger partial charge in [-0.2, -0.15) is 0 Å². The van der Waals surface area contributed by atoms with Crippen LogP contribution in [0.25, 0.3) is 11.0 Å². The number of imidazole rings is 1. The average Bonchev–Trinajstić information content (AvgIpc) is 2.87. The fraction of sp³-hybridized carbons (Fsp3) is 0.500. The molecule has 108 valence electrons. The van der Waals surface area contributed by atoms with E-state index in [1.807, 2.05) is 7.05 Å². The Morgan fingerprint density at radius 2 is 2.25 bits per heavy atom. The van der Waals surface area contributed by atoms with Crippen LogP contribution >= 0.6 is 0 Å². The molecule has 1 saturated heterocycles. The van der Waals surface area contributed by atoms with Crippen molar-refractivity contribution in [1.82, 2.24) is 14.9 Å². The highest BCUT2D eigenvalue weighted by molar-refractivity contribution is 7.91. The quantitative estimate of drug-likeness (QED) is 0.922. The van der Waals surface area contributed by atoms with Gasteiger partial charge in [0.15, 0.2) is 9.84 Å². The second kappa shape index (κ2) is 4.86. The van der Waals surface area contributed by atoms with E-state index in [0.717, 1.165) is 16.9 Å². The molecular formula is C14H19N3O2S. The van der Waals surface area contributed by atoms with Gasteiger partial charge < -0.3 is 9.88 Å². The molecule has 20 heavy (non-hydrogen) atoms. The highest BCUT2D eigenvalue weighted by Crippen LogP contribution is 2.17. The van der Waals surface area contributed by atoms with E-state index in [2.05, 4.69) is 40.0 Å². The lowest BCUT2D eigenvalue weighted by molar-refractivity contribution is 0.535. The Balaban J connectivity index is 1.76. The van der Waals surface area contributed by atoms with Gasteiger partial charge in [-0.1, -0.05) is 6.07 Å². The smallest absolute Gasteiger partial charge is 0.151 e. The number of hydrogen-bond acceptors (Lipinski definition) is 4. The summed E-state index contributed by atoms with van der Waals surface area (Å²) >= 11 is 0. The van der Waals surface area contributed by atoms with Crippen molar-refractivity contribution in [2.75, 3.05) is 11.5 Å². The standard InChI is InChI=1S/C14H19N3O2S/c1-10-3-4-13-12(7-10)16-14(17(13)2)8-15-11-5-6-20(18,19)9-11/h3-4,7,11,15H,5-6,8-9H2,1-2H3. The highest BCUT2D eigenvalue weighted by Gasteiger charge is 2.27. The fourth-order valence-corrected chi connectivity index (χ4v) is 4.42. The van der Waals surface area contributed by atoms with Gasteiger partial charge in [0.1, 0.15) is 5.82 Å². The summed E-state index contributed by atoms with van der Waals surface area (Å²) in [6, 6.07) is 6.27. The van der Waals surface area contributed by atoms with Crippen molar-refractivity contribution in [3.8, 4) is 0 Å². The van der Waals surface area contributed by atoms with E-state index in [4.69, 9.17) is 0 Å². The zero-order valence-electron chi connectivity index (χ0n) is 11.8. The van der Waals surface area contributed by atoms with Crippen molar-refractivity contribution in [2.24, 2.45) is 7.05 Å². The van der Waals surface area contributed by atoms with Crippen LogP contribution in [-0.4, -0.2) is 35.5 Å². The number of aryl methyl sites for hydroxylation is 2. The number of benzene rings is 1. The predicted molar refractivity (Wildman–Crippen MR) is 79.3 cm³/mol. The molecule has 0 saturated carbocycles. The second-order valence-corrected chi connectivity index (χ2v) is 7.79. The zero-order chi connectivity index (χ0) is 14.3. The largest absolute Gasteiger partial charge is 0.330 e. The third-order valence-corrected chi connectivity index (χ3v) is 5.68. The van der Waals surface area contributed by atoms with Crippen molar-refractivity contribution >= 4 is 20.9 Å². The lowest BCUT2D eigenvalue weighted by Crippen LogP contribution is -2.30. The van der Waals surface area contributed by atoms with Crippen LogP contribution in [0.3, 0.4) is 0 Å². The van der Waals surface area contributed by atoms with Crippen LogP contribution in [0.1, 0.15) is 17.8 Å². The van der Waals surface area contributed by atoms with Crippen molar-refractivity contribution < 1.29 is 8.42 Å². The molecule has 1 aromatic carbocycles. The zero-order valence-corrected chi connectivity index (χ0v) is 12.6. The molecule has 0 aliphatic carbocycles. The Labute approximate surface area is 118 Å². The molecule has 0 bridgehead atoms. The summed E-state index contributed by atoms with van der Waals surface area (Å²) < 4.78 is 24.9. The molecule has 5 nitrogen and oxygen atoms in total. The van der Waals surface area contributed by atoms with Gasteiger partial charge in [0.25, 0.3) is 0 Å². The minimum absolute atomic E-state index is 0.0570. The number of aromatic nitrogens is 2. The molecule has 1 fully saturated rings. The van der Waals surface area contributed by atoms with E-state index in [-0.39, 0.29) is 11.8 Å². The molecule has 1 atom stereocenters. The van der Waals surface area contributed by atoms with Crippen LogP contribution in [0.5, 0.6) is 0 Å². The summed E-state index contributed by atoms with van der Waals surface area (Å²) in [5, 5.41) is 3.31. The summed E-state index contributed by atoms with van der Waals surface area (Å²) in [6.45, 7) is 2.65. The van der Waals surface area contributed by atoms with Gasteiger partial charge in [-0.15, -0.1) is 0 Å². The van der Waals surface area contributed by atoms with Crippen LogP contribution in [0.15, 0.2) is 18.2 Å². The van der Waals surface area contributed by atoms with Crippen molar-refractivity contribution in [1.29, 1.82) is 0 Å². The number of nitrogens with zero attached hydrogens (tertiary/aromatic N) is 2. The van der Waals surface area contributed by atoms with Gasteiger partial charge in [-0.3, -0.25) is 0 Å². The average molecular weight is 293 g/mol. The Kier molecular flexibility index (Phi) is 3.30. The van der Waals surface area contributed by atoms with Crippen LogP contribution in [0.2, 0.25) is 0 Å². The maximum absolute atomic E-state index is 11.4. The third kappa shape index (κ3) is 2.58. The van der Waals surface area contributed by atoms with E-state index in [1.54, 1.807) is 0 Å². The molecule has 2 heterocycles. The van der Waals surface area contributed by atoms with Gasteiger partial charge in [0, 0.05) is 13.1 Å². The van der Waals surface area contributed by atoms with Gasteiger partial charge in [-0.05, 0) is 31.0 Å². The van der Waals surface area contributed by atoms with Crippen LogP contribution < -0.4 is 5.32 Å². The number of hydrogen-bond donors (Lipinski definition) is 1. The third-order valence-electron chi connectivity index (χ3n) is 3.91. The van der Waals surface area contributed by atoms with Gasteiger partial charge >= 0.3 is 0 Å². The van der Waals surface area contributed by atoms with Gasteiger partial charge in [0.2, 0.25) is 0 Å². The number of nitrogens with one attached hydrogen (secondary N) is 1. The molecule has 1 unspecified atom stereocenters. The van der Waals surface area contributed by atoms with E-state index in [0.29, 0.717) is 18.7 Å². The van der Waals surface area contributed by atoms with Gasteiger partial charge in [0.05, 0.1) is 29.1 Å². The minimum atomic E-state index is -2.83. The lowest BCUT2D eigenvalue weighted by Gasteiger charge is -2.10. The van der Waals surface area contributed by atoms with Gasteiger partial charge in [-0.25, -0.2) is 13.4 Å². The molecule has 3 rings (SSSR count). The molecule has 1 aromatic heterocycles. The van der Waals surface area contributed by atoms with E-state index < -0.39 is 9.84 Å². The summed E-state index contributed by atoms with van der Waals surface area (Å²) in [7, 11) is -0.837. The van der Waals surface area contributed by atoms with E-state index in [1.165, 1.54) is 5.56 Å². The summed E-state index contributed by atoms with van der Waals surface area (Å²) in [5.41, 5.74) is 3.28. The predicted octanol–water partition coefficient (Wildman–Crippen LogP) is 1.16. The maximum Gasteiger partial charge on any atom is 0.151 e. The van der Waals surface area contributed by atoms with Crippen molar-refractivity contribution in [3.63, 3.8) is 0 Å². The number of rotatable bonds is 3. The van der Waals surface area contributed by atoms with E-state index >= 15 is 0 Å². The molecule has 1 aliphatic heterocycles. The molecule has 1 N–H and O–H groups in total. The highest BCUT2D eigenvalue weighted by atomic mass is 32.2. The first kappa shape index (κ1) is 13.6. The minimum Gasteiger partial charge on any atom is -0.330 e. The monoisotopic (exact) mass is 293 g/mol. The normalized spacial score (nSPS) is 21.6. The molecule has 0 spiro atoms. The number of fused-ring (bicyclic) bond motifs is 1. The second-order valence-electron chi connectivity index (χ2n) is 5.56. The summed E-state index contributed by atoms with van der Waals surface area (Å²) in [4.78, 5) is 4.62. The Bertz CT molecular complexity index is 749. The Morgan fingerprint density at radius 1 is 1.45 bits per heavy atom. The maximum atomic E-state index is 11.4. The fourth-order valence-electron chi connectivity index (χ4n) is 2.71. The summed E-state index contributed by atoms with van der Waals surface area (Å²) in [6.07, 6.45) is 0.700. The van der Waals surface area contributed by atoms with Crippen molar-refractivity contribution in [2.45, 2.75) is 25.9 Å². The van der Waals surface area contributed by atoms with Crippen LogP contribution in [0, 0.1) is 6.92 Å². The molecule has 0 amide bonds. The number of sulfone groups is 1. The Hall–Kier alpha value is -1.40. The van der Waals surface area contributed by atoms with Crippen LogP contribution in [0.4, 0.5) is 0 Å². The first-order valence-corrected chi connectivity index (χ1v) is 8.62. The Morgan fingerprint density at radius 3 is 2.95 bits per heavy atom. The molecular weight excluding hydrogens is 274 g/mol. The lowest BCUT2D eigenvalue weighted by atomic mass is 10.2. The molecule has 1 aliphatic rings. The molecule has 0 radical (unpaired) electrons. The molecule has 2 aromatic rings.